The fraction of sp³-hybridized carbons (Fsp3) is 0.462. The van der Waals surface area contributed by atoms with Gasteiger partial charge in [-0.15, -0.1) is 0 Å². The maximum absolute atomic E-state index is 12.4. The molecule has 0 radical (unpaired) electrons. The van der Waals surface area contributed by atoms with Crippen LogP contribution in [0.3, 0.4) is 0 Å². The highest BCUT2D eigenvalue weighted by atomic mass is 16.1. The Labute approximate surface area is 181 Å². The van der Waals surface area contributed by atoms with E-state index in [1.807, 2.05) is 48.5 Å². The smallest absolute Gasteiger partial charge is 0.164 e. The molecule has 0 N–H and O–H groups in total. The molecule has 0 saturated carbocycles. The second-order valence-electron chi connectivity index (χ2n) is 7.55. The minimum Gasteiger partial charge on any atom is -0.303 e. The number of hydrogen-bond acceptors (Lipinski definition) is 4. The second-order valence-corrected chi connectivity index (χ2v) is 7.55. The number of nitrogens with zero attached hydrogens (tertiary/aromatic N) is 2. The van der Waals surface area contributed by atoms with E-state index in [1.54, 1.807) is 0 Å². The Morgan fingerprint density at radius 2 is 0.867 bits per heavy atom. The van der Waals surface area contributed by atoms with Crippen molar-refractivity contribution in [2.24, 2.45) is 0 Å². The number of carbonyl (C=O) groups excluding carboxylic acids is 2. The maximum atomic E-state index is 12.4. The van der Waals surface area contributed by atoms with Crippen molar-refractivity contribution in [3.8, 4) is 11.1 Å². The number of benzene rings is 2. The highest BCUT2D eigenvalue weighted by Crippen LogP contribution is 2.21. The summed E-state index contributed by atoms with van der Waals surface area (Å²) in [4.78, 5) is 29.4. The summed E-state index contributed by atoms with van der Waals surface area (Å²) in [6, 6.07) is 15.6. The van der Waals surface area contributed by atoms with Crippen molar-refractivity contribution in [3.63, 3.8) is 0 Å². The van der Waals surface area contributed by atoms with Gasteiger partial charge < -0.3 is 9.80 Å². The van der Waals surface area contributed by atoms with Crippen molar-refractivity contribution < 1.29 is 9.59 Å². The predicted octanol–water partition coefficient (Wildman–Crippen LogP) is 5.18. The van der Waals surface area contributed by atoms with E-state index in [-0.39, 0.29) is 11.6 Å². The van der Waals surface area contributed by atoms with E-state index in [4.69, 9.17) is 0 Å². The van der Waals surface area contributed by atoms with Crippen molar-refractivity contribution in [1.82, 2.24) is 9.80 Å². The molecular formula is C26H36N2O2. The Balaban J connectivity index is 1.96. The molecule has 162 valence electrons. The summed E-state index contributed by atoms with van der Waals surface area (Å²) < 4.78 is 0. The quantitative estimate of drug-likeness (QED) is 0.428. The lowest BCUT2D eigenvalue weighted by Crippen LogP contribution is -2.25. The van der Waals surface area contributed by atoms with Gasteiger partial charge in [0.2, 0.25) is 0 Å². The first-order valence-corrected chi connectivity index (χ1v) is 11.2. The van der Waals surface area contributed by atoms with E-state index in [2.05, 4.69) is 37.5 Å². The van der Waals surface area contributed by atoms with Crippen LogP contribution in [0.1, 0.15) is 61.3 Å². The van der Waals surface area contributed by atoms with Gasteiger partial charge in [-0.2, -0.15) is 0 Å². The van der Waals surface area contributed by atoms with E-state index < -0.39 is 0 Å². The third kappa shape index (κ3) is 6.89. The normalized spacial score (nSPS) is 11.3. The minimum absolute atomic E-state index is 0.183. The largest absolute Gasteiger partial charge is 0.303 e. The molecule has 2 aromatic rings. The zero-order chi connectivity index (χ0) is 21.9. The van der Waals surface area contributed by atoms with Crippen LogP contribution in [-0.4, -0.2) is 60.6 Å². The molecule has 0 atom stereocenters. The summed E-state index contributed by atoms with van der Waals surface area (Å²) in [5, 5.41) is 0. The zero-order valence-corrected chi connectivity index (χ0v) is 19.0. The summed E-state index contributed by atoms with van der Waals surface area (Å²) in [6.07, 6.45) is 1.09. The van der Waals surface area contributed by atoms with Gasteiger partial charge in [0.1, 0.15) is 0 Å². The van der Waals surface area contributed by atoms with Crippen LogP contribution in [0.4, 0.5) is 0 Å². The summed E-state index contributed by atoms with van der Waals surface area (Å²) in [6.45, 7) is 14.0. The van der Waals surface area contributed by atoms with Gasteiger partial charge in [0.15, 0.2) is 11.6 Å². The molecular weight excluding hydrogens is 372 g/mol. The van der Waals surface area contributed by atoms with E-state index >= 15 is 0 Å². The van der Waals surface area contributed by atoms with Crippen LogP contribution in [0.5, 0.6) is 0 Å². The van der Waals surface area contributed by atoms with Crippen LogP contribution in [0.15, 0.2) is 48.5 Å². The SMILES string of the molecule is CCN(CC)CCC(=O)c1ccc(-c2ccc(C(=O)CCN(CC)CC)cc2)cc1. The first-order valence-electron chi connectivity index (χ1n) is 11.2. The Bertz CT molecular complexity index is 719. The van der Waals surface area contributed by atoms with Gasteiger partial charge in [-0.1, -0.05) is 76.2 Å². The van der Waals surface area contributed by atoms with Crippen LogP contribution in [0.25, 0.3) is 11.1 Å². The fourth-order valence-corrected chi connectivity index (χ4v) is 3.58. The average Bonchev–Trinajstić information content (AvgIpc) is 2.80. The van der Waals surface area contributed by atoms with Gasteiger partial charge in [-0.25, -0.2) is 0 Å². The molecule has 0 aliphatic rings. The first kappa shape index (κ1) is 24.0. The van der Waals surface area contributed by atoms with E-state index in [0.29, 0.717) is 12.8 Å². The Morgan fingerprint density at radius 3 is 1.13 bits per heavy atom. The standard InChI is InChI=1S/C26H36N2O2/c1-5-27(6-2)19-17-25(29)23-13-9-21(10-14-23)22-11-15-24(16-12-22)26(30)18-20-28(7-3)8-4/h9-16H,5-8,17-20H2,1-4H3. The van der Waals surface area contributed by atoms with Gasteiger partial charge in [0.05, 0.1) is 0 Å². The molecule has 0 fully saturated rings. The molecule has 4 nitrogen and oxygen atoms in total. The summed E-state index contributed by atoms with van der Waals surface area (Å²) >= 11 is 0. The van der Waals surface area contributed by atoms with Crippen molar-refractivity contribution >= 4 is 11.6 Å². The molecule has 0 spiro atoms. The zero-order valence-electron chi connectivity index (χ0n) is 19.0. The molecule has 0 saturated heterocycles. The molecule has 2 aromatic carbocycles. The predicted molar refractivity (Wildman–Crippen MR) is 125 cm³/mol. The molecule has 0 aliphatic heterocycles. The average molecular weight is 409 g/mol. The minimum atomic E-state index is 0.183. The van der Waals surface area contributed by atoms with Gasteiger partial charge >= 0.3 is 0 Å². The van der Waals surface area contributed by atoms with Crippen molar-refractivity contribution in [2.75, 3.05) is 39.3 Å². The van der Waals surface area contributed by atoms with Crippen molar-refractivity contribution in [1.29, 1.82) is 0 Å². The molecule has 0 heterocycles. The topological polar surface area (TPSA) is 40.6 Å². The molecule has 4 heteroatoms. The molecule has 2 rings (SSSR count). The molecule has 0 aromatic heterocycles. The molecule has 0 bridgehead atoms. The highest BCUT2D eigenvalue weighted by molar-refractivity contribution is 5.97. The number of ketones is 2. The Kier molecular flexibility index (Phi) is 9.92. The monoisotopic (exact) mass is 408 g/mol. The van der Waals surface area contributed by atoms with Crippen LogP contribution in [0, 0.1) is 0 Å². The van der Waals surface area contributed by atoms with Crippen molar-refractivity contribution in [2.45, 2.75) is 40.5 Å². The van der Waals surface area contributed by atoms with E-state index in [0.717, 1.165) is 61.5 Å². The van der Waals surface area contributed by atoms with Gasteiger partial charge in [0.25, 0.3) is 0 Å². The van der Waals surface area contributed by atoms with E-state index in [9.17, 15) is 9.59 Å². The van der Waals surface area contributed by atoms with Crippen LogP contribution < -0.4 is 0 Å². The number of Topliss-reactive ketones (excluding diaryl/α,β-unsaturated/α-hetero) is 2. The third-order valence-electron chi connectivity index (χ3n) is 5.85. The highest BCUT2D eigenvalue weighted by Gasteiger charge is 2.10. The molecule has 30 heavy (non-hydrogen) atoms. The van der Waals surface area contributed by atoms with Gasteiger partial charge in [-0.05, 0) is 37.3 Å². The molecule has 0 aliphatic carbocycles. The lowest BCUT2D eigenvalue weighted by Gasteiger charge is -2.17. The number of rotatable bonds is 13. The van der Waals surface area contributed by atoms with Crippen molar-refractivity contribution in [3.05, 3.63) is 59.7 Å². The Morgan fingerprint density at radius 1 is 0.567 bits per heavy atom. The maximum Gasteiger partial charge on any atom is 0.164 e. The summed E-state index contributed by atoms with van der Waals surface area (Å²) in [7, 11) is 0. The number of carbonyl (C=O) groups is 2. The molecule has 0 unspecified atom stereocenters. The Hall–Kier alpha value is -2.30. The lowest BCUT2D eigenvalue weighted by atomic mass is 9.99. The summed E-state index contributed by atoms with van der Waals surface area (Å²) in [5.41, 5.74) is 3.62. The molecule has 0 amide bonds. The fourth-order valence-electron chi connectivity index (χ4n) is 3.58. The van der Waals surface area contributed by atoms with Gasteiger partial charge in [0, 0.05) is 37.1 Å². The van der Waals surface area contributed by atoms with Crippen LogP contribution in [-0.2, 0) is 0 Å². The van der Waals surface area contributed by atoms with Gasteiger partial charge in [-0.3, -0.25) is 9.59 Å². The second kappa shape index (κ2) is 12.4. The third-order valence-corrected chi connectivity index (χ3v) is 5.85. The first-order chi connectivity index (χ1) is 14.5. The van der Waals surface area contributed by atoms with Crippen LogP contribution >= 0.6 is 0 Å². The summed E-state index contributed by atoms with van der Waals surface area (Å²) in [5.74, 6) is 0.366. The van der Waals surface area contributed by atoms with Crippen LogP contribution in [0.2, 0.25) is 0 Å². The lowest BCUT2D eigenvalue weighted by molar-refractivity contribution is 0.0958. The number of hydrogen-bond donors (Lipinski definition) is 0. The van der Waals surface area contributed by atoms with E-state index in [1.165, 1.54) is 0 Å².